The molecule has 0 saturated heterocycles. The highest BCUT2D eigenvalue weighted by Crippen LogP contribution is 2.20. The van der Waals surface area contributed by atoms with Crippen molar-refractivity contribution >= 4 is 15.9 Å². The Morgan fingerprint density at radius 2 is 2.19 bits per heavy atom. The van der Waals surface area contributed by atoms with Gasteiger partial charge in [0.25, 0.3) is 0 Å². The van der Waals surface area contributed by atoms with Gasteiger partial charge in [-0.05, 0) is 12.3 Å². The molecule has 16 heavy (non-hydrogen) atoms. The topological polar surface area (TPSA) is 35.0 Å². The van der Waals surface area contributed by atoms with Crippen molar-refractivity contribution in [3.63, 3.8) is 0 Å². The second-order valence-electron chi connectivity index (χ2n) is 4.10. The summed E-state index contributed by atoms with van der Waals surface area (Å²) < 4.78 is 5.07. The highest BCUT2D eigenvalue weighted by molar-refractivity contribution is 9.09. The minimum Gasteiger partial charge on any atom is -0.481 e. The molecule has 0 aliphatic heterocycles. The first kappa shape index (κ1) is 13.4. The molecule has 90 valence electrons. The van der Waals surface area contributed by atoms with Gasteiger partial charge in [-0.3, -0.25) is 0 Å². The zero-order valence-electron chi connectivity index (χ0n) is 10.1. The van der Waals surface area contributed by atoms with Crippen molar-refractivity contribution in [1.82, 2.24) is 9.97 Å². The Hall–Kier alpha value is -0.640. The number of alkyl halides is 1. The van der Waals surface area contributed by atoms with Crippen LogP contribution in [0.25, 0.3) is 0 Å². The van der Waals surface area contributed by atoms with Gasteiger partial charge < -0.3 is 4.74 Å². The summed E-state index contributed by atoms with van der Waals surface area (Å²) in [4.78, 5) is 8.71. The normalized spacial score (nSPS) is 14.5. The molecule has 0 amide bonds. The van der Waals surface area contributed by atoms with Gasteiger partial charge in [0.1, 0.15) is 6.33 Å². The fraction of sp³-hybridized carbons (Fsp3) is 0.667. The van der Waals surface area contributed by atoms with Crippen LogP contribution in [0.3, 0.4) is 0 Å². The second kappa shape index (κ2) is 6.84. The third-order valence-corrected chi connectivity index (χ3v) is 3.39. The van der Waals surface area contributed by atoms with E-state index in [4.69, 9.17) is 4.74 Å². The lowest BCUT2D eigenvalue weighted by Gasteiger charge is -2.13. The number of halogens is 1. The Morgan fingerprint density at radius 3 is 2.81 bits per heavy atom. The van der Waals surface area contributed by atoms with Crippen LogP contribution in [0.4, 0.5) is 0 Å². The third kappa shape index (κ3) is 4.47. The number of methoxy groups -OCH3 is 1. The molecule has 4 heteroatoms. The van der Waals surface area contributed by atoms with Crippen molar-refractivity contribution < 1.29 is 4.74 Å². The number of hydrogen-bond acceptors (Lipinski definition) is 3. The average Bonchev–Trinajstić information content (AvgIpc) is 2.28. The highest BCUT2D eigenvalue weighted by Gasteiger charge is 2.11. The van der Waals surface area contributed by atoms with Gasteiger partial charge in [-0.25, -0.2) is 9.97 Å². The smallest absolute Gasteiger partial charge is 0.216 e. The van der Waals surface area contributed by atoms with Crippen LogP contribution in [0, 0.1) is 5.92 Å². The Labute approximate surface area is 106 Å². The Kier molecular flexibility index (Phi) is 5.74. The van der Waals surface area contributed by atoms with E-state index in [-0.39, 0.29) is 0 Å². The van der Waals surface area contributed by atoms with E-state index in [0.29, 0.717) is 10.7 Å². The van der Waals surface area contributed by atoms with E-state index in [1.807, 2.05) is 6.07 Å². The molecule has 0 aliphatic rings. The van der Waals surface area contributed by atoms with Crippen molar-refractivity contribution in [2.45, 2.75) is 37.9 Å². The molecule has 0 radical (unpaired) electrons. The van der Waals surface area contributed by atoms with Crippen LogP contribution in [-0.4, -0.2) is 21.9 Å². The van der Waals surface area contributed by atoms with E-state index >= 15 is 0 Å². The first-order chi connectivity index (χ1) is 7.65. The van der Waals surface area contributed by atoms with Crippen molar-refractivity contribution in [3.05, 3.63) is 18.1 Å². The summed E-state index contributed by atoms with van der Waals surface area (Å²) >= 11 is 3.70. The fourth-order valence-corrected chi connectivity index (χ4v) is 2.48. The molecule has 2 unspecified atom stereocenters. The van der Waals surface area contributed by atoms with Crippen molar-refractivity contribution in [2.75, 3.05) is 7.11 Å². The van der Waals surface area contributed by atoms with Gasteiger partial charge in [0, 0.05) is 23.0 Å². The van der Waals surface area contributed by atoms with Gasteiger partial charge in [0.05, 0.1) is 7.11 Å². The Morgan fingerprint density at radius 1 is 1.44 bits per heavy atom. The SMILES string of the molecule is CCC(C)CC(Br)Cc1cc(OC)ncn1. The van der Waals surface area contributed by atoms with E-state index in [9.17, 15) is 0 Å². The number of rotatable bonds is 6. The van der Waals surface area contributed by atoms with E-state index in [1.54, 1.807) is 13.4 Å². The van der Waals surface area contributed by atoms with Crippen LogP contribution >= 0.6 is 15.9 Å². The van der Waals surface area contributed by atoms with Gasteiger partial charge in [0.15, 0.2) is 0 Å². The quantitative estimate of drug-likeness (QED) is 0.753. The van der Waals surface area contributed by atoms with Gasteiger partial charge in [-0.1, -0.05) is 36.2 Å². The molecule has 1 aromatic heterocycles. The molecule has 0 aliphatic carbocycles. The lowest BCUT2D eigenvalue weighted by atomic mass is 10.0. The van der Waals surface area contributed by atoms with Gasteiger partial charge >= 0.3 is 0 Å². The number of aromatic nitrogens is 2. The van der Waals surface area contributed by atoms with Crippen LogP contribution in [-0.2, 0) is 6.42 Å². The maximum Gasteiger partial charge on any atom is 0.216 e. The van der Waals surface area contributed by atoms with Crippen LogP contribution in [0.5, 0.6) is 5.88 Å². The molecular formula is C12H19BrN2O. The predicted molar refractivity (Wildman–Crippen MR) is 69.1 cm³/mol. The fourth-order valence-electron chi connectivity index (χ4n) is 1.51. The first-order valence-corrected chi connectivity index (χ1v) is 6.56. The zero-order chi connectivity index (χ0) is 12.0. The first-order valence-electron chi connectivity index (χ1n) is 5.64. The minimum absolute atomic E-state index is 0.474. The van der Waals surface area contributed by atoms with E-state index in [2.05, 4.69) is 39.7 Å². The Balaban J connectivity index is 2.51. The summed E-state index contributed by atoms with van der Waals surface area (Å²) in [6.45, 7) is 4.49. The second-order valence-corrected chi connectivity index (χ2v) is 5.40. The van der Waals surface area contributed by atoms with E-state index in [1.165, 1.54) is 12.8 Å². The molecule has 1 aromatic rings. The summed E-state index contributed by atoms with van der Waals surface area (Å²) in [5.74, 6) is 1.38. The maximum atomic E-state index is 5.07. The lowest BCUT2D eigenvalue weighted by Crippen LogP contribution is -2.09. The van der Waals surface area contributed by atoms with Crippen molar-refractivity contribution in [3.8, 4) is 5.88 Å². The van der Waals surface area contributed by atoms with Gasteiger partial charge in [0.2, 0.25) is 5.88 Å². The van der Waals surface area contributed by atoms with Gasteiger partial charge in [-0.2, -0.15) is 0 Å². The largest absolute Gasteiger partial charge is 0.481 e. The maximum absolute atomic E-state index is 5.07. The van der Waals surface area contributed by atoms with E-state index < -0.39 is 0 Å². The lowest BCUT2D eigenvalue weighted by molar-refractivity contribution is 0.395. The van der Waals surface area contributed by atoms with Crippen LogP contribution in [0.15, 0.2) is 12.4 Å². The summed E-state index contributed by atoms with van der Waals surface area (Å²) in [5, 5.41) is 0. The monoisotopic (exact) mass is 286 g/mol. The number of ether oxygens (including phenoxy) is 1. The molecule has 0 fully saturated rings. The average molecular weight is 287 g/mol. The minimum atomic E-state index is 0.474. The number of hydrogen-bond donors (Lipinski definition) is 0. The Bertz CT molecular complexity index is 320. The predicted octanol–water partition coefficient (Wildman–Crippen LogP) is 3.23. The molecule has 1 rings (SSSR count). The molecule has 2 atom stereocenters. The molecule has 1 heterocycles. The highest BCUT2D eigenvalue weighted by atomic mass is 79.9. The van der Waals surface area contributed by atoms with Crippen molar-refractivity contribution in [2.24, 2.45) is 5.92 Å². The molecule has 0 saturated carbocycles. The molecule has 0 bridgehead atoms. The summed E-state index contributed by atoms with van der Waals surface area (Å²) in [6.07, 6.45) is 4.86. The molecular weight excluding hydrogens is 268 g/mol. The molecule has 0 N–H and O–H groups in total. The number of nitrogens with zero attached hydrogens (tertiary/aromatic N) is 2. The summed E-state index contributed by atoms with van der Waals surface area (Å²) in [5.41, 5.74) is 1.03. The van der Waals surface area contributed by atoms with Crippen LogP contribution in [0.1, 0.15) is 32.4 Å². The third-order valence-electron chi connectivity index (χ3n) is 2.69. The summed E-state index contributed by atoms with van der Waals surface area (Å²) in [7, 11) is 1.62. The van der Waals surface area contributed by atoms with Crippen LogP contribution in [0.2, 0.25) is 0 Å². The standard InChI is InChI=1S/C12H19BrN2O/c1-4-9(2)5-10(13)6-11-7-12(16-3)15-8-14-11/h7-10H,4-6H2,1-3H3. The summed E-state index contributed by atoms with van der Waals surface area (Å²) in [6, 6.07) is 1.89. The molecule has 0 spiro atoms. The van der Waals surface area contributed by atoms with Crippen molar-refractivity contribution in [1.29, 1.82) is 0 Å². The molecule has 3 nitrogen and oxygen atoms in total. The van der Waals surface area contributed by atoms with Crippen LogP contribution < -0.4 is 4.74 Å². The molecule has 0 aromatic carbocycles. The van der Waals surface area contributed by atoms with E-state index in [0.717, 1.165) is 18.0 Å². The zero-order valence-corrected chi connectivity index (χ0v) is 11.7. The van der Waals surface area contributed by atoms with Gasteiger partial charge in [-0.15, -0.1) is 0 Å².